The van der Waals surface area contributed by atoms with E-state index in [4.69, 9.17) is 5.84 Å². The Bertz CT molecular complexity index is 461. The monoisotopic (exact) mass is 214 g/mol. The molecule has 2 aromatic rings. The minimum atomic E-state index is -0.0718. The van der Waals surface area contributed by atoms with Gasteiger partial charge in [0.05, 0.1) is 17.9 Å². The van der Waals surface area contributed by atoms with Gasteiger partial charge in [0.15, 0.2) is 0 Å². The van der Waals surface area contributed by atoms with Crippen LogP contribution in [0.3, 0.4) is 0 Å². The highest BCUT2D eigenvalue weighted by molar-refractivity contribution is 5.31. The maximum atomic E-state index is 5.40. The van der Waals surface area contributed by atoms with E-state index >= 15 is 0 Å². The Kier molecular flexibility index (Phi) is 3.14. The molecule has 82 valence electrons. The second-order valence-electron chi connectivity index (χ2n) is 3.43. The van der Waals surface area contributed by atoms with Gasteiger partial charge in [-0.05, 0) is 12.1 Å². The van der Waals surface area contributed by atoms with Crippen molar-refractivity contribution < 1.29 is 0 Å². The van der Waals surface area contributed by atoms with Crippen LogP contribution in [0.5, 0.6) is 0 Å². The minimum Gasteiger partial charge on any atom is -0.271 e. The van der Waals surface area contributed by atoms with Gasteiger partial charge in [-0.15, -0.1) is 6.58 Å². The third-order valence-corrected chi connectivity index (χ3v) is 2.40. The maximum absolute atomic E-state index is 5.40. The summed E-state index contributed by atoms with van der Waals surface area (Å²) in [4.78, 5) is 0. The Labute approximate surface area is 94.4 Å². The van der Waals surface area contributed by atoms with Crippen molar-refractivity contribution in [2.45, 2.75) is 6.04 Å². The van der Waals surface area contributed by atoms with Crippen LogP contribution in [0.1, 0.15) is 11.6 Å². The van der Waals surface area contributed by atoms with Gasteiger partial charge in [-0.2, -0.15) is 5.10 Å². The van der Waals surface area contributed by atoms with Gasteiger partial charge in [0.25, 0.3) is 0 Å². The van der Waals surface area contributed by atoms with Crippen molar-refractivity contribution in [2.75, 3.05) is 0 Å². The van der Waals surface area contributed by atoms with Gasteiger partial charge < -0.3 is 0 Å². The topological polar surface area (TPSA) is 55.9 Å². The molecule has 0 saturated carbocycles. The van der Waals surface area contributed by atoms with Gasteiger partial charge in [-0.1, -0.05) is 24.3 Å². The molecule has 1 atom stereocenters. The van der Waals surface area contributed by atoms with Crippen molar-refractivity contribution >= 4 is 0 Å². The third kappa shape index (κ3) is 2.03. The number of aromatic nitrogens is 2. The zero-order chi connectivity index (χ0) is 11.4. The SMILES string of the molecule is C=CC(NN)c1cnn(-c2ccccc2)c1. The predicted octanol–water partition coefficient (Wildman–Crippen LogP) is 1.56. The number of hydrogen-bond acceptors (Lipinski definition) is 3. The average molecular weight is 214 g/mol. The Morgan fingerprint density at radius 3 is 2.75 bits per heavy atom. The van der Waals surface area contributed by atoms with Crippen molar-refractivity contribution in [3.05, 3.63) is 60.9 Å². The molecule has 16 heavy (non-hydrogen) atoms. The van der Waals surface area contributed by atoms with Crippen molar-refractivity contribution in [1.29, 1.82) is 0 Å². The molecule has 1 aromatic heterocycles. The van der Waals surface area contributed by atoms with E-state index in [0.717, 1.165) is 11.3 Å². The summed E-state index contributed by atoms with van der Waals surface area (Å²) in [5, 5.41) is 4.28. The normalized spacial score (nSPS) is 12.3. The summed E-state index contributed by atoms with van der Waals surface area (Å²) in [6.07, 6.45) is 5.45. The van der Waals surface area contributed by atoms with Crippen LogP contribution in [-0.2, 0) is 0 Å². The lowest BCUT2D eigenvalue weighted by atomic mass is 10.2. The quantitative estimate of drug-likeness (QED) is 0.461. The molecule has 1 aromatic carbocycles. The smallest absolute Gasteiger partial charge is 0.0669 e. The molecule has 0 aliphatic carbocycles. The van der Waals surface area contributed by atoms with Crippen LogP contribution in [-0.4, -0.2) is 9.78 Å². The van der Waals surface area contributed by atoms with Gasteiger partial charge in [0.1, 0.15) is 0 Å². The number of nitrogens with one attached hydrogen (secondary N) is 1. The molecular weight excluding hydrogens is 200 g/mol. The number of rotatable bonds is 4. The van der Waals surface area contributed by atoms with Crippen LogP contribution >= 0.6 is 0 Å². The fraction of sp³-hybridized carbons (Fsp3) is 0.0833. The van der Waals surface area contributed by atoms with Crippen LogP contribution in [0.25, 0.3) is 5.69 Å². The van der Waals surface area contributed by atoms with Crippen LogP contribution in [0.2, 0.25) is 0 Å². The molecular formula is C12H14N4. The first-order valence-corrected chi connectivity index (χ1v) is 5.04. The second-order valence-corrected chi connectivity index (χ2v) is 3.43. The van der Waals surface area contributed by atoms with E-state index in [2.05, 4.69) is 17.1 Å². The standard InChI is InChI=1S/C12H14N4/c1-2-12(15-13)10-8-14-16(9-10)11-6-4-3-5-7-11/h2-9,12,15H,1,13H2. The Hall–Kier alpha value is -1.91. The summed E-state index contributed by atoms with van der Waals surface area (Å²) in [6, 6.07) is 9.84. The maximum Gasteiger partial charge on any atom is 0.0669 e. The minimum absolute atomic E-state index is 0.0718. The first-order valence-electron chi connectivity index (χ1n) is 5.04. The van der Waals surface area contributed by atoms with Gasteiger partial charge in [0.2, 0.25) is 0 Å². The molecule has 4 nitrogen and oxygen atoms in total. The van der Waals surface area contributed by atoms with E-state index in [-0.39, 0.29) is 6.04 Å². The van der Waals surface area contributed by atoms with Crippen LogP contribution in [0, 0.1) is 0 Å². The molecule has 0 fully saturated rings. The summed E-state index contributed by atoms with van der Waals surface area (Å²) in [5.74, 6) is 5.40. The first-order chi connectivity index (χ1) is 7.85. The van der Waals surface area contributed by atoms with Crippen molar-refractivity contribution in [3.8, 4) is 5.69 Å². The van der Waals surface area contributed by atoms with Crippen LogP contribution in [0.4, 0.5) is 0 Å². The number of nitrogens with zero attached hydrogens (tertiary/aromatic N) is 2. The highest BCUT2D eigenvalue weighted by Gasteiger charge is 2.07. The Morgan fingerprint density at radius 2 is 2.12 bits per heavy atom. The van der Waals surface area contributed by atoms with E-state index in [1.54, 1.807) is 12.3 Å². The molecule has 0 aliphatic heterocycles. The van der Waals surface area contributed by atoms with E-state index in [0.29, 0.717) is 0 Å². The van der Waals surface area contributed by atoms with Crippen LogP contribution in [0.15, 0.2) is 55.4 Å². The predicted molar refractivity (Wildman–Crippen MR) is 63.8 cm³/mol. The molecule has 4 heteroatoms. The van der Waals surface area contributed by atoms with E-state index in [1.807, 2.05) is 41.2 Å². The van der Waals surface area contributed by atoms with Gasteiger partial charge in [0, 0.05) is 11.8 Å². The molecule has 1 heterocycles. The van der Waals surface area contributed by atoms with Crippen molar-refractivity contribution in [1.82, 2.24) is 15.2 Å². The van der Waals surface area contributed by atoms with Crippen molar-refractivity contribution in [2.24, 2.45) is 5.84 Å². The molecule has 0 bridgehead atoms. The molecule has 1 unspecified atom stereocenters. The summed E-state index contributed by atoms with van der Waals surface area (Å²) in [5.41, 5.74) is 4.67. The zero-order valence-electron chi connectivity index (χ0n) is 8.88. The summed E-state index contributed by atoms with van der Waals surface area (Å²) in [6.45, 7) is 3.71. The lowest BCUT2D eigenvalue weighted by Crippen LogP contribution is -2.26. The summed E-state index contributed by atoms with van der Waals surface area (Å²) in [7, 11) is 0. The molecule has 0 aliphatic rings. The molecule has 0 amide bonds. The Balaban J connectivity index is 2.29. The van der Waals surface area contributed by atoms with Gasteiger partial charge in [-0.3, -0.25) is 5.84 Å². The van der Waals surface area contributed by atoms with Crippen LogP contribution < -0.4 is 11.3 Å². The molecule has 0 saturated heterocycles. The zero-order valence-corrected chi connectivity index (χ0v) is 8.88. The van der Waals surface area contributed by atoms with E-state index < -0.39 is 0 Å². The molecule has 0 radical (unpaired) electrons. The highest BCUT2D eigenvalue weighted by Crippen LogP contribution is 2.14. The third-order valence-electron chi connectivity index (χ3n) is 2.40. The second kappa shape index (κ2) is 4.74. The number of hydrazine groups is 1. The van der Waals surface area contributed by atoms with E-state index in [1.165, 1.54) is 0 Å². The number of para-hydroxylation sites is 1. The summed E-state index contributed by atoms with van der Waals surface area (Å²) < 4.78 is 1.81. The summed E-state index contributed by atoms with van der Waals surface area (Å²) >= 11 is 0. The number of benzene rings is 1. The van der Waals surface area contributed by atoms with Gasteiger partial charge in [-0.25, -0.2) is 10.1 Å². The highest BCUT2D eigenvalue weighted by atomic mass is 15.3. The molecule has 0 spiro atoms. The lowest BCUT2D eigenvalue weighted by Gasteiger charge is -2.07. The first kappa shape index (κ1) is 10.6. The average Bonchev–Trinajstić information content (AvgIpc) is 2.81. The molecule has 3 N–H and O–H groups in total. The fourth-order valence-electron chi connectivity index (χ4n) is 1.52. The number of nitrogens with two attached hydrogens (primary N) is 1. The van der Waals surface area contributed by atoms with Crippen molar-refractivity contribution in [3.63, 3.8) is 0 Å². The number of hydrogen-bond donors (Lipinski definition) is 2. The largest absolute Gasteiger partial charge is 0.271 e. The fourth-order valence-corrected chi connectivity index (χ4v) is 1.52. The van der Waals surface area contributed by atoms with E-state index in [9.17, 15) is 0 Å². The Morgan fingerprint density at radius 1 is 1.38 bits per heavy atom. The molecule has 2 rings (SSSR count). The van der Waals surface area contributed by atoms with Gasteiger partial charge >= 0.3 is 0 Å². The lowest BCUT2D eigenvalue weighted by molar-refractivity contribution is 0.656.